The summed E-state index contributed by atoms with van der Waals surface area (Å²) in [5.41, 5.74) is 1.27. The molecule has 2 saturated heterocycles. The number of nitrogens with zero attached hydrogens (tertiary/aromatic N) is 2. The molecule has 3 fully saturated rings. The van der Waals surface area contributed by atoms with E-state index in [1.165, 1.54) is 37.9 Å². The van der Waals surface area contributed by atoms with Gasteiger partial charge in [0.2, 0.25) is 0 Å². The Hall–Kier alpha value is -0.950. The number of aliphatic hydroxyl groups excluding tert-OH is 1. The molecule has 2 aliphatic heterocycles. The molecule has 0 spiro atoms. The predicted octanol–water partition coefficient (Wildman–Crippen LogP) is 2.72. The van der Waals surface area contributed by atoms with Crippen LogP contribution in [0.15, 0.2) is 18.2 Å². The highest BCUT2D eigenvalue weighted by Gasteiger charge is 2.35. The smallest absolute Gasteiger partial charge is 0.161 e. The van der Waals surface area contributed by atoms with E-state index < -0.39 is 6.10 Å². The van der Waals surface area contributed by atoms with Gasteiger partial charge in [-0.05, 0) is 42.4 Å². The van der Waals surface area contributed by atoms with Crippen LogP contribution in [0.3, 0.4) is 0 Å². The molecule has 28 heavy (non-hydrogen) atoms. The normalized spacial score (nSPS) is 26.9. The van der Waals surface area contributed by atoms with Crippen LogP contribution in [0, 0.1) is 11.8 Å². The average Bonchev–Trinajstić information content (AvgIpc) is 3.29. The van der Waals surface area contributed by atoms with Crippen molar-refractivity contribution in [2.75, 3.05) is 57.9 Å². The number of rotatable bonds is 8. The zero-order valence-corrected chi connectivity index (χ0v) is 17.8. The maximum Gasteiger partial charge on any atom is 0.161 e. The lowest BCUT2D eigenvalue weighted by molar-refractivity contribution is 0.0704. The van der Waals surface area contributed by atoms with E-state index in [4.69, 9.17) is 9.47 Å². The Bertz CT molecular complexity index is 626. The molecule has 2 heterocycles. The van der Waals surface area contributed by atoms with Crippen molar-refractivity contribution in [3.05, 3.63) is 23.8 Å². The molecule has 1 aliphatic carbocycles. The van der Waals surface area contributed by atoms with E-state index in [1.807, 2.05) is 17.8 Å². The maximum absolute atomic E-state index is 10.3. The lowest BCUT2D eigenvalue weighted by Gasteiger charge is -2.28. The van der Waals surface area contributed by atoms with Gasteiger partial charge in [0.05, 0.1) is 7.11 Å². The van der Waals surface area contributed by atoms with Crippen molar-refractivity contribution in [1.29, 1.82) is 0 Å². The second-order valence-electron chi connectivity index (χ2n) is 8.51. The topological polar surface area (TPSA) is 45.2 Å². The summed E-state index contributed by atoms with van der Waals surface area (Å²) in [6, 6.07) is 6.23. The lowest BCUT2D eigenvalue weighted by atomic mass is 10.0. The summed E-state index contributed by atoms with van der Waals surface area (Å²) in [5, 5.41) is 10.3. The molecule has 0 aromatic heterocycles. The van der Waals surface area contributed by atoms with E-state index in [0.717, 1.165) is 54.5 Å². The van der Waals surface area contributed by atoms with Crippen molar-refractivity contribution in [2.24, 2.45) is 11.8 Å². The quantitative estimate of drug-likeness (QED) is 0.716. The second kappa shape index (κ2) is 9.70. The summed E-state index contributed by atoms with van der Waals surface area (Å²) < 4.78 is 11.5. The van der Waals surface area contributed by atoms with Crippen LogP contribution in [-0.4, -0.2) is 79.0 Å². The number of ether oxygens (including phenoxy) is 2. The molecule has 6 heteroatoms. The van der Waals surface area contributed by atoms with Crippen molar-refractivity contribution in [3.63, 3.8) is 0 Å². The van der Waals surface area contributed by atoms with Crippen LogP contribution in [0.4, 0.5) is 0 Å². The number of likely N-dealkylation sites (tertiary alicyclic amines) is 1. The maximum atomic E-state index is 10.3. The molecule has 4 rings (SSSR count). The molecule has 1 unspecified atom stereocenters. The van der Waals surface area contributed by atoms with Gasteiger partial charge in [-0.15, -0.1) is 0 Å². The Kier molecular flexibility index (Phi) is 7.04. The largest absolute Gasteiger partial charge is 0.493 e. The number of benzene rings is 1. The van der Waals surface area contributed by atoms with Gasteiger partial charge in [0.1, 0.15) is 12.7 Å². The average molecular weight is 407 g/mol. The molecule has 0 bridgehead atoms. The summed E-state index contributed by atoms with van der Waals surface area (Å²) in [6.45, 7) is 6.56. The Morgan fingerprint density at radius 2 is 1.86 bits per heavy atom. The molecule has 1 N–H and O–H groups in total. The van der Waals surface area contributed by atoms with Crippen LogP contribution in [0.1, 0.15) is 24.8 Å². The first kappa shape index (κ1) is 20.3. The van der Waals surface area contributed by atoms with E-state index in [0.29, 0.717) is 13.2 Å². The highest BCUT2D eigenvalue weighted by Crippen LogP contribution is 2.38. The van der Waals surface area contributed by atoms with Crippen LogP contribution in [-0.2, 0) is 6.54 Å². The first-order valence-corrected chi connectivity index (χ1v) is 11.9. The number of thioether (sulfide) groups is 1. The molecule has 1 aromatic carbocycles. The van der Waals surface area contributed by atoms with Gasteiger partial charge in [-0.3, -0.25) is 9.80 Å². The number of methoxy groups -OCH3 is 1. The zero-order valence-electron chi connectivity index (χ0n) is 17.0. The fourth-order valence-electron chi connectivity index (χ4n) is 4.97. The van der Waals surface area contributed by atoms with Crippen LogP contribution in [0.2, 0.25) is 0 Å². The minimum absolute atomic E-state index is 0.300. The van der Waals surface area contributed by atoms with E-state index >= 15 is 0 Å². The number of fused-ring (bicyclic) bond motifs is 1. The molecule has 1 aromatic rings. The van der Waals surface area contributed by atoms with Crippen molar-refractivity contribution in [3.8, 4) is 11.5 Å². The number of aliphatic hydroxyl groups is 1. The molecule has 5 nitrogen and oxygen atoms in total. The van der Waals surface area contributed by atoms with E-state index in [1.54, 1.807) is 7.11 Å². The summed E-state index contributed by atoms with van der Waals surface area (Å²) in [7, 11) is 1.69. The summed E-state index contributed by atoms with van der Waals surface area (Å²) in [5.74, 6) is 5.63. The summed E-state index contributed by atoms with van der Waals surface area (Å²) >= 11 is 1.98. The van der Waals surface area contributed by atoms with Crippen LogP contribution in [0.5, 0.6) is 11.5 Å². The van der Waals surface area contributed by atoms with Gasteiger partial charge >= 0.3 is 0 Å². The van der Waals surface area contributed by atoms with Crippen molar-refractivity contribution >= 4 is 11.8 Å². The fourth-order valence-corrected chi connectivity index (χ4v) is 5.95. The molecular formula is C22H34N2O3S. The Morgan fingerprint density at radius 3 is 2.57 bits per heavy atom. The Labute approximate surface area is 173 Å². The standard InChI is InChI=1S/C22H34N2O3S/c1-26-22-11-17(12-24-13-18-3-2-4-19(18)14-24)5-6-21(22)27-16-20(25)15-23-7-9-28-10-8-23/h5-6,11,18-20,25H,2-4,7-10,12-16H2,1H3/t18-,19+,20?. The van der Waals surface area contributed by atoms with Crippen LogP contribution in [0.25, 0.3) is 0 Å². The van der Waals surface area contributed by atoms with Crippen LogP contribution >= 0.6 is 11.8 Å². The third-order valence-electron chi connectivity index (χ3n) is 6.44. The Balaban J connectivity index is 1.28. The van der Waals surface area contributed by atoms with Gasteiger partial charge < -0.3 is 14.6 Å². The lowest BCUT2D eigenvalue weighted by Crippen LogP contribution is -2.40. The molecular weight excluding hydrogens is 372 g/mol. The van der Waals surface area contributed by atoms with Gasteiger partial charge in [0.25, 0.3) is 0 Å². The van der Waals surface area contributed by atoms with Crippen molar-refractivity contribution in [1.82, 2.24) is 9.80 Å². The molecule has 156 valence electrons. The molecule has 0 amide bonds. The van der Waals surface area contributed by atoms with Gasteiger partial charge in [-0.1, -0.05) is 12.5 Å². The minimum Gasteiger partial charge on any atom is -0.493 e. The molecule has 3 aliphatic rings. The number of hydrogen-bond donors (Lipinski definition) is 1. The number of hydrogen-bond acceptors (Lipinski definition) is 6. The van der Waals surface area contributed by atoms with E-state index in [9.17, 15) is 5.11 Å². The predicted molar refractivity (Wildman–Crippen MR) is 114 cm³/mol. The van der Waals surface area contributed by atoms with Crippen LogP contribution < -0.4 is 9.47 Å². The number of β-amino-alcohol motifs (C(OH)–C–C–N with tert-alkyl or cyclic N) is 1. The summed E-state index contributed by atoms with van der Waals surface area (Å²) in [6.07, 6.45) is 3.77. The fraction of sp³-hybridized carbons (Fsp3) is 0.727. The van der Waals surface area contributed by atoms with Gasteiger partial charge in [-0.2, -0.15) is 11.8 Å². The highest BCUT2D eigenvalue weighted by molar-refractivity contribution is 7.99. The SMILES string of the molecule is COc1cc(CN2C[C@H]3CCC[C@H]3C2)ccc1OCC(O)CN1CCSCC1. The molecule has 0 radical (unpaired) electrons. The Morgan fingerprint density at radius 1 is 1.11 bits per heavy atom. The van der Waals surface area contributed by atoms with E-state index in [-0.39, 0.29) is 0 Å². The van der Waals surface area contributed by atoms with Crippen molar-refractivity contribution < 1.29 is 14.6 Å². The highest BCUT2D eigenvalue weighted by atomic mass is 32.2. The van der Waals surface area contributed by atoms with Crippen molar-refractivity contribution in [2.45, 2.75) is 31.9 Å². The zero-order chi connectivity index (χ0) is 19.3. The summed E-state index contributed by atoms with van der Waals surface area (Å²) in [4.78, 5) is 4.90. The third-order valence-corrected chi connectivity index (χ3v) is 7.38. The minimum atomic E-state index is -0.475. The first-order valence-electron chi connectivity index (χ1n) is 10.7. The monoisotopic (exact) mass is 406 g/mol. The third kappa shape index (κ3) is 5.15. The van der Waals surface area contributed by atoms with Gasteiger partial charge in [0.15, 0.2) is 11.5 Å². The van der Waals surface area contributed by atoms with E-state index in [2.05, 4.69) is 21.9 Å². The van der Waals surface area contributed by atoms with Gasteiger partial charge in [0, 0.05) is 50.8 Å². The molecule has 1 saturated carbocycles. The second-order valence-corrected chi connectivity index (χ2v) is 9.73. The first-order chi connectivity index (χ1) is 13.7. The van der Waals surface area contributed by atoms with Gasteiger partial charge in [-0.25, -0.2) is 0 Å². The molecule has 3 atom stereocenters.